The highest BCUT2D eigenvalue weighted by molar-refractivity contribution is 7.89. The second-order valence-electron chi connectivity index (χ2n) is 6.77. The summed E-state index contributed by atoms with van der Waals surface area (Å²) in [5.74, 6) is 0.234. The molecule has 4 nitrogen and oxygen atoms in total. The van der Waals surface area contributed by atoms with Crippen LogP contribution >= 0.6 is 11.6 Å². The fraction of sp³-hybridized carbons (Fsp3) is 0.300. The molecule has 2 fully saturated rings. The van der Waals surface area contributed by atoms with Crippen LogP contribution in [0.2, 0.25) is 5.02 Å². The predicted octanol–water partition coefficient (Wildman–Crippen LogP) is 3.50. The number of benzene rings is 2. The third-order valence-corrected chi connectivity index (χ3v) is 7.48. The van der Waals surface area contributed by atoms with Crippen LogP contribution < -0.4 is 5.32 Å². The molecule has 0 saturated carbocycles. The Morgan fingerprint density at radius 2 is 1.65 bits per heavy atom. The van der Waals surface area contributed by atoms with Crippen LogP contribution in [0.1, 0.15) is 24.0 Å². The first-order valence-electron chi connectivity index (χ1n) is 8.75. The minimum Gasteiger partial charge on any atom is -0.313 e. The van der Waals surface area contributed by atoms with Crippen molar-refractivity contribution in [3.05, 3.63) is 70.8 Å². The molecule has 1 unspecified atom stereocenters. The van der Waals surface area contributed by atoms with Gasteiger partial charge in [0, 0.05) is 36.1 Å². The molecule has 0 radical (unpaired) electrons. The largest absolute Gasteiger partial charge is 0.313 e. The Morgan fingerprint density at radius 3 is 2.23 bits per heavy atom. The van der Waals surface area contributed by atoms with Crippen molar-refractivity contribution in [1.29, 1.82) is 0 Å². The molecular formula is C20H21ClN2O2S. The van der Waals surface area contributed by atoms with Crippen LogP contribution in [0.3, 0.4) is 0 Å². The summed E-state index contributed by atoms with van der Waals surface area (Å²) in [4.78, 5) is 0.306. The minimum absolute atomic E-state index is 0.0537. The number of hydrogen-bond donors (Lipinski definition) is 1. The standard InChI is InChI=1S/C20H21ClN2O2S/c1-2-3-14-4-6-15(7-5-14)20-18-12-22-13-19(20)23(18)26(24,25)17-10-8-16(21)9-11-17/h2-11,18-20,22H,12-13H2,1H3/b3-2+/t18-,19+,20?. The highest BCUT2D eigenvalue weighted by Gasteiger charge is 2.56. The van der Waals surface area contributed by atoms with E-state index in [4.69, 9.17) is 11.6 Å². The molecule has 2 heterocycles. The molecule has 6 heteroatoms. The van der Waals surface area contributed by atoms with Gasteiger partial charge in [-0.25, -0.2) is 8.42 Å². The molecule has 26 heavy (non-hydrogen) atoms. The third-order valence-electron chi connectivity index (χ3n) is 5.26. The minimum atomic E-state index is -3.51. The van der Waals surface area contributed by atoms with Crippen molar-refractivity contribution in [3.63, 3.8) is 0 Å². The average Bonchev–Trinajstić information content (AvgIpc) is 2.64. The maximum absolute atomic E-state index is 13.1. The van der Waals surface area contributed by atoms with Crippen LogP contribution in [0.4, 0.5) is 0 Å². The molecule has 0 aliphatic carbocycles. The van der Waals surface area contributed by atoms with E-state index in [-0.39, 0.29) is 18.0 Å². The summed E-state index contributed by atoms with van der Waals surface area (Å²) in [5, 5.41) is 3.88. The van der Waals surface area contributed by atoms with Crippen LogP contribution in [0.25, 0.3) is 6.08 Å². The molecule has 2 bridgehead atoms. The van der Waals surface area contributed by atoms with Gasteiger partial charge < -0.3 is 5.32 Å². The fourth-order valence-corrected chi connectivity index (χ4v) is 6.06. The summed E-state index contributed by atoms with van der Waals surface area (Å²) >= 11 is 5.90. The second-order valence-corrected chi connectivity index (χ2v) is 9.05. The van der Waals surface area contributed by atoms with Gasteiger partial charge in [-0.15, -0.1) is 0 Å². The number of rotatable bonds is 4. The van der Waals surface area contributed by atoms with Gasteiger partial charge in [0.25, 0.3) is 0 Å². The van der Waals surface area contributed by atoms with Crippen molar-refractivity contribution in [2.24, 2.45) is 0 Å². The third kappa shape index (κ3) is 2.89. The van der Waals surface area contributed by atoms with E-state index in [0.717, 1.165) is 5.56 Å². The molecule has 0 amide bonds. The fourth-order valence-electron chi connectivity index (χ4n) is 4.08. The summed E-state index contributed by atoms with van der Waals surface area (Å²) in [6.07, 6.45) is 4.07. The zero-order valence-corrected chi connectivity index (χ0v) is 16.0. The molecule has 4 rings (SSSR count). The lowest BCUT2D eigenvalue weighted by Gasteiger charge is -2.57. The molecule has 136 valence electrons. The van der Waals surface area contributed by atoms with Crippen molar-refractivity contribution in [1.82, 2.24) is 9.62 Å². The van der Waals surface area contributed by atoms with Crippen LogP contribution in [0, 0.1) is 0 Å². The van der Waals surface area contributed by atoms with Gasteiger partial charge in [0.15, 0.2) is 0 Å². The first-order chi connectivity index (χ1) is 12.5. The molecule has 3 atom stereocenters. The number of hydrogen-bond acceptors (Lipinski definition) is 3. The summed E-state index contributed by atoms with van der Waals surface area (Å²) in [7, 11) is -3.51. The Morgan fingerprint density at radius 1 is 1.04 bits per heavy atom. The van der Waals surface area contributed by atoms with Crippen LogP contribution in [-0.4, -0.2) is 37.9 Å². The van der Waals surface area contributed by atoms with Crippen LogP contribution in [0.15, 0.2) is 59.5 Å². The van der Waals surface area contributed by atoms with Gasteiger partial charge >= 0.3 is 0 Å². The summed E-state index contributed by atoms with van der Waals surface area (Å²) in [5.41, 5.74) is 2.36. The number of nitrogens with one attached hydrogen (secondary N) is 1. The van der Waals surface area contributed by atoms with Crippen molar-refractivity contribution in [2.75, 3.05) is 13.1 Å². The summed E-state index contributed by atoms with van der Waals surface area (Å²) in [6, 6.07) is 14.7. The Bertz CT molecular complexity index is 911. The number of piperazine rings is 1. The zero-order chi connectivity index (χ0) is 18.3. The first-order valence-corrected chi connectivity index (χ1v) is 10.6. The molecule has 2 aliphatic rings. The van der Waals surface area contributed by atoms with E-state index in [9.17, 15) is 8.42 Å². The highest BCUT2D eigenvalue weighted by atomic mass is 35.5. The number of allylic oxidation sites excluding steroid dienone is 1. The van der Waals surface area contributed by atoms with E-state index in [1.165, 1.54) is 5.56 Å². The van der Waals surface area contributed by atoms with E-state index < -0.39 is 10.0 Å². The van der Waals surface area contributed by atoms with Gasteiger partial charge in [0.05, 0.1) is 4.90 Å². The molecule has 0 spiro atoms. The SMILES string of the molecule is C/C=C/c1ccc(C2[C@H]3CNC[C@@H]2N3S(=O)(=O)c2ccc(Cl)cc2)cc1. The van der Waals surface area contributed by atoms with Gasteiger partial charge in [0.1, 0.15) is 0 Å². The Hall–Kier alpha value is -1.66. The maximum atomic E-state index is 13.1. The van der Waals surface area contributed by atoms with Crippen molar-refractivity contribution < 1.29 is 8.42 Å². The molecule has 2 aromatic rings. The van der Waals surface area contributed by atoms with Crippen molar-refractivity contribution >= 4 is 27.7 Å². The second kappa shape index (κ2) is 6.82. The maximum Gasteiger partial charge on any atom is 0.243 e. The van der Waals surface area contributed by atoms with Crippen LogP contribution in [0.5, 0.6) is 0 Å². The number of halogens is 1. The predicted molar refractivity (Wildman–Crippen MR) is 105 cm³/mol. The smallest absolute Gasteiger partial charge is 0.243 e. The summed E-state index contributed by atoms with van der Waals surface area (Å²) in [6.45, 7) is 3.34. The summed E-state index contributed by atoms with van der Waals surface area (Å²) < 4.78 is 27.9. The number of piperidine rings is 1. The van der Waals surface area contributed by atoms with Gasteiger partial charge in [0.2, 0.25) is 10.0 Å². The molecule has 2 saturated heterocycles. The number of nitrogens with zero attached hydrogens (tertiary/aromatic N) is 1. The number of sulfonamides is 1. The molecule has 2 aromatic carbocycles. The van der Waals surface area contributed by atoms with Gasteiger partial charge in [-0.3, -0.25) is 0 Å². The lowest BCUT2D eigenvalue weighted by Crippen LogP contribution is -2.73. The average molecular weight is 389 g/mol. The lowest BCUT2D eigenvalue weighted by molar-refractivity contribution is 0.0370. The first kappa shape index (κ1) is 17.7. The van der Waals surface area contributed by atoms with E-state index in [1.54, 1.807) is 28.6 Å². The van der Waals surface area contributed by atoms with E-state index in [1.807, 2.05) is 13.0 Å². The van der Waals surface area contributed by atoms with Gasteiger partial charge in [-0.1, -0.05) is 48.0 Å². The van der Waals surface area contributed by atoms with Crippen molar-refractivity contribution in [2.45, 2.75) is 29.8 Å². The van der Waals surface area contributed by atoms with E-state index in [2.05, 4.69) is 35.7 Å². The van der Waals surface area contributed by atoms with Crippen molar-refractivity contribution in [3.8, 4) is 0 Å². The topological polar surface area (TPSA) is 49.4 Å². The van der Waals surface area contributed by atoms with E-state index >= 15 is 0 Å². The van der Waals surface area contributed by atoms with Crippen LogP contribution in [-0.2, 0) is 10.0 Å². The molecular weight excluding hydrogens is 368 g/mol. The Balaban J connectivity index is 1.62. The number of fused-ring (bicyclic) bond motifs is 2. The molecule has 1 N–H and O–H groups in total. The molecule has 2 aliphatic heterocycles. The highest BCUT2D eigenvalue weighted by Crippen LogP contribution is 2.45. The van der Waals surface area contributed by atoms with E-state index in [0.29, 0.717) is 23.0 Å². The lowest BCUT2D eigenvalue weighted by atomic mass is 9.75. The van der Waals surface area contributed by atoms with Gasteiger partial charge in [-0.05, 0) is 42.3 Å². The quantitative estimate of drug-likeness (QED) is 0.872. The Kier molecular flexibility index (Phi) is 4.65. The normalized spacial score (nSPS) is 26.0. The van der Waals surface area contributed by atoms with Gasteiger partial charge in [-0.2, -0.15) is 4.31 Å². The zero-order valence-electron chi connectivity index (χ0n) is 14.5. The molecule has 0 aromatic heterocycles. The monoisotopic (exact) mass is 388 g/mol. The Labute approximate surface area is 159 Å².